The van der Waals surface area contributed by atoms with Gasteiger partial charge in [-0.3, -0.25) is 14.9 Å². The van der Waals surface area contributed by atoms with Gasteiger partial charge in [-0.1, -0.05) is 0 Å². The van der Waals surface area contributed by atoms with Crippen molar-refractivity contribution >= 4 is 33.5 Å². The zero-order valence-electron chi connectivity index (χ0n) is 12.5. The van der Waals surface area contributed by atoms with Crippen molar-refractivity contribution < 1.29 is 23.7 Å². The Bertz CT molecular complexity index is 759. The number of amides is 1. The lowest BCUT2D eigenvalue weighted by atomic mass is 10.2. The van der Waals surface area contributed by atoms with Crippen molar-refractivity contribution in [1.82, 2.24) is 5.32 Å². The minimum absolute atomic E-state index is 0.0169. The highest BCUT2D eigenvalue weighted by atomic mass is 79.9. The first-order chi connectivity index (χ1) is 11.4. The third-order valence-electron chi connectivity index (χ3n) is 3.06. The first kappa shape index (κ1) is 17.7. The average molecular weight is 397 g/mol. The van der Waals surface area contributed by atoms with Crippen molar-refractivity contribution in [1.29, 1.82) is 0 Å². The van der Waals surface area contributed by atoms with E-state index < -0.39 is 23.4 Å². The molecule has 2 aromatic rings. The van der Waals surface area contributed by atoms with Crippen molar-refractivity contribution in [3.05, 3.63) is 62.5 Å². The molecule has 1 atom stereocenters. The molecule has 1 heterocycles. The smallest absolute Gasteiger partial charge is 0.338 e. The van der Waals surface area contributed by atoms with Gasteiger partial charge in [-0.05, 0) is 47.1 Å². The number of esters is 1. The van der Waals surface area contributed by atoms with Crippen molar-refractivity contribution in [3.63, 3.8) is 0 Å². The van der Waals surface area contributed by atoms with Crippen LogP contribution < -0.4 is 5.32 Å². The second kappa shape index (κ2) is 7.73. The largest absolute Gasteiger partial charge is 0.467 e. The van der Waals surface area contributed by atoms with Crippen LogP contribution in [0.1, 0.15) is 29.1 Å². The van der Waals surface area contributed by atoms with Gasteiger partial charge in [0.15, 0.2) is 6.61 Å². The van der Waals surface area contributed by atoms with E-state index in [1.165, 1.54) is 18.4 Å². The number of hydrogen-bond acceptors (Lipinski definition) is 6. The molecular weight excluding hydrogens is 384 g/mol. The Morgan fingerprint density at radius 2 is 2.17 bits per heavy atom. The summed E-state index contributed by atoms with van der Waals surface area (Å²) >= 11 is 3.02. The zero-order chi connectivity index (χ0) is 17.7. The lowest BCUT2D eigenvalue weighted by Crippen LogP contribution is -2.31. The third-order valence-corrected chi connectivity index (χ3v) is 3.73. The lowest BCUT2D eigenvalue weighted by Gasteiger charge is -2.11. The van der Waals surface area contributed by atoms with Gasteiger partial charge in [0.2, 0.25) is 0 Å². The molecule has 0 fully saturated rings. The fraction of sp³-hybridized carbons (Fsp3) is 0.200. The van der Waals surface area contributed by atoms with E-state index in [1.807, 2.05) is 0 Å². The predicted molar refractivity (Wildman–Crippen MR) is 86.3 cm³/mol. The van der Waals surface area contributed by atoms with E-state index in [-0.39, 0.29) is 21.8 Å². The number of nitro benzene ring substituents is 1. The molecule has 1 aromatic carbocycles. The molecule has 126 valence electrons. The van der Waals surface area contributed by atoms with Crippen LogP contribution in [0, 0.1) is 10.1 Å². The summed E-state index contributed by atoms with van der Waals surface area (Å²) in [6, 6.07) is 6.84. The number of furan rings is 1. The number of carbonyl (C=O) groups is 2. The maximum absolute atomic E-state index is 11.9. The molecule has 1 amide bonds. The molecule has 0 unspecified atom stereocenters. The Morgan fingerprint density at radius 1 is 1.42 bits per heavy atom. The van der Waals surface area contributed by atoms with Gasteiger partial charge in [0.25, 0.3) is 11.6 Å². The van der Waals surface area contributed by atoms with E-state index in [0.29, 0.717) is 5.76 Å². The summed E-state index contributed by atoms with van der Waals surface area (Å²) in [4.78, 5) is 33.9. The van der Waals surface area contributed by atoms with E-state index in [1.54, 1.807) is 19.1 Å². The highest BCUT2D eigenvalue weighted by molar-refractivity contribution is 9.10. The number of halogens is 1. The molecule has 0 saturated heterocycles. The molecule has 0 radical (unpaired) electrons. The molecule has 0 aliphatic rings. The first-order valence-corrected chi connectivity index (χ1v) is 7.61. The van der Waals surface area contributed by atoms with Crippen LogP contribution in [0.5, 0.6) is 0 Å². The second-order valence-corrected chi connectivity index (χ2v) is 5.66. The number of carbonyl (C=O) groups excluding carboxylic acids is 2. The fourth-order valence-electron chi connectivity index (χ4n) is 1.89. The van der Waals surface area contributed by atoms with Crippen LogP contribution in [0.15, 0.2) is 45.5 Å². The van der Waals surface area contributed by atoms with E-state index in [0.717, 1.165) is 6.07 Å². The van der Waals surface area contributed by atoms with Gasteiger partial charge in [0.1, 0.15) is 5.76 Å². The topological polar surface area (TPSA) is 112 Å². The summed E-state index contributed by atoms with van der Waals surface area (Å²) in [6.45, 7) is 1.21. The maximum Gasteiger partial charge on any atom is 0.338 e. The Kier molecular flexibility index (Phi) is 5.69. The maximum atomic E-state index is 11.9. The van der Waals surface area contributed by atoms with Gasteiger partial charge in [0.05, 0.1) is 27.3 Å². The molecule has 0 saturated carbocycles. The molecule has 0 aliphatic carbocycles. The van der Waals surface area contributed by atoms with Crippen LogP contribution in [-0.2, 0) is 9.53 Å². The molecule has 2 rings (SSSR count). The molecular formula is C15H13BrN2O6. The first-order valence-electron chi connectivity index (χ1n) is 6.82. The lowest BCUT2D eigenvalue weighted by molar-refractivity contribution is -0.385. The predicted octanol–water partition coefficient (Wildman–Crippen LogP) is 2.98. The van der Waals surface area contributed by atoms with Crippen LogP contribution in [-0.4, -0.2) is 23.4 Å². The van der Waals surface area contributed by atoms with E-state index >= 15 is 0 Å². The summed E-state index contributed by atoms with van der Waals surface area (Å²) in [7, 11) is 0. The average Bonchev–Trinajstić information content (AvgIpc) is 3.07. The Hall–Kier alpha value is -2.68. The van der Waals surface area contributed by atoms with Crippen LogP contribution in [0.4, 0.5) is 5.69 Å². The summed E-state index contributed by atoms with van der Waals surface area (Å²) in [5, 5.41) is 13.4. The van der Waals surface area contributed by atoms with Gasteiger partial charge in [-0.15, -0.1) is 0 Å². The number of hydrogen-bond donors (Lipinski definition) is 1. The minimum atomic E-state index is -0.827. The Labute approximate surface area is 145 Å². The molecule has 24 heavy (non-hydrogen) atoms. The number of rotatable bonds is 6. The van der Waals surface area contributed by atoms with Gasteiger partial charge >= 0.3 is 5.97 Å². The van der Waals surface area contributed by atoms with Gasteiger partial charge in [-0.25, -0.2) is 4.79 Å². The Balaban J connectivity index is 1.92. The number of benzene rings is 1. The van der Waals surface area contributed by atoms with E-state index in [4.69, 9.17) is 9.15 Å². The molecule has 0 bridgehead atoms. The van der Waals surface area contributed by atoms with E-state index in [2.05, 4.69) is 21.2 Å². The highest BCUT2D eigenvalue weighted by Gasteiger charge is 2.18. The van der Waals surface area contributed by atoms with Crippen LogP contribution >= 0.6 is 15.9 Å². The molecule has 1 aromatic heterocycles. The number of nitrogens with one attached hydrogen (secondary N) is 1. The summed E-state index contributed by atoms with van der Waals surface area (Å²) in [6.07, 6.45) is 1.48. The van der Waals surface area contributed by atoms with Gasteiger partial charge < -0.3 is 14.5 Å². The summed E-state index contributed by atoms with van der Waals surface area (Å²) in [5.41, 5.74) is -0.280. The highest BCUT2D eigenvalue weighted by Crippen LogP contribution is 2.25. The second-order valence-electron chi connectivity index (χ2n) is 4.80. The number of ether oxygens (including phenoxy) is 1. The van der Waals surface area contributed by atoms with Crippen LogP contribution in [0.3, 0.4) is 0 Å². The normalized spacial score (nSPS) is 11.6. The minimum Gasteiger partial charge on any atom is -0.467 e. The summed E-state index contributed by atoms with van der Waals surface area (Å²) < 4.78 is 10.3. The van der Waals surface area contributed by atoms with Gasteiger partial charge in [0, 0.05) is 6.07 Å². The number of nitrogens with zero attached hydrogens (tertiary/aromatic N) is 1. The monoisotopic (exact) mass is 396 g/mol. The van der Waals surface area contributed by atoms with Crippen LogP contribution in [0.25, 0.3) is 0 Å². The zero-order valence-corrected chi connectivity index (χ0v) is 14.1. The van der Waals surface area contributed by atoms with Gasteiger partial charge in [-0.2, -0.15) is 0 Å². The van der Waals surface area contributed by atoms with E-state index in [9.17, 15) is 19.7 Å². The quantitative estimate of drug-likeness (QED) is 0.456. The SMILES string of the molecule is C[C@H](NC(=O)COC(=O)c1ccc(Br)c([N+](=O)[O-])c1)c1ccco1. The third kappa shape index (κ3) is 4.42. The molecule has 0 aliphatic heterocycles. The molecule has 9 heteroatoms. The van der Waals surface area contributed by atoms with Crippen molar-refractivity contribution in [2.45, 2.75) is 13.0 Å². The molecule has 0 spiro atoms. The standard InChI is InChI=1S/C15H13BrN2O6/c1-9(13-3-2-6-23-13)17-14(19)8-24-15(20)10-4-5-11(16)12(7-10)18(21)22/h2-7,9H,8H2,1H3,(H,17,19)/t9-/m0/s1. The molecule has 8 nitrogen and oxygen atoms in total. The van der Waals surface area contributed by atoms with Crippen molar-refractivity contribution in [2.75, 3.05) is 6.61 Å². The van der Waals surface area contributed by atoms with Crippen LogP contribution in [0.2, 0.25) is 0 Å². The summed E-state index contributed by atoms with van der Waals surface area (Å²) in [5.74, 6) is -0.775. The van der Waals surface area contributed by atoms with Crippen molar-refractivity contribution in [2.24, 2.45) is 0 Å². The van der Waals surface area contributed by atoms with Crippen molar-refractivity contribution in [3.8, 4) is 0 Å². The fourth-order valence-corrected chi connectivity index (χ4v) is 2.28. The molecule has 1 N–H and O–H groups in total. The Morgan fingerprint density at radius 3 is 2.79 bits per heavy atom. The number of nitro groups is 1.